The maximum absolute atomic E-state index is 11.8. The summed E-state index contributed by atoms with van der Waals surface area (Å²) in [4.78, 5) is 16.6. The third-order valence-electron chi connectivity index (χ3n) is 5.01. The molecule has 0 saturated heterocycles. The van der Waals surface area contributed by atoms with Crippen LogP contribution >= 0.6 is 0 Å². The Morgan fingerprint density at radius 2 is 1.69 bits per heavy atom. The van der Waals surface area contributed by atoms with Crippen molar-refractivity contribution in [3.05, 3.63) is 30.1 Å². The molecule has 4 nitrogen and oxygen atoms in total. The Morgan fingerprint density at radius 3 is 2.38 bits per heavy atom. The molecule has 0 aliphatic heterocycles. The van der Waals surface area contributed by atoms with Gasteiger partial charge in [-0.15, -0.1) is 0 Å². The van der Waals surface area contributed by atoms with Crippen LogP contribution < -0.4 is 5.32 Å². The van der Waals surface area contributed by atoms with Gasteiger partial charge in [0, 0.05) is 13.0 Å². The minimum absolute atomic E-state index is 0.0658. The number of hydrogen-bond donors (Lipinski definition) is 1. The van der Waals surface area contributed by atoms with Gasteiger partial charge in [0.2, 0.25) is 5.91 Å². The molecule has 0 radical (unpaired) electrons. The number of para-hydroxylation sites is 2. The number of benzene rings is 1. The van der Waals surface area contributed by atoms with Crippen molar-refractivity contribution >= 4 is 16.9 Å². The molecule has 1 amide bonds. The molecule has 0 saturated carbocycles. The Kier molecular flexibility index (Phi) is 8.66. The third-order valence-corrected chi connectivity index (χ3v) is 5.01. The lowest BCUT2D eigenvalue weighted by molar-refractivity contribution is -0.121. The Labute approximate surface area is 158 Å². The van der Waals surface area contributed by atoms with Crippen LogP contribution in [0.1, 0.15) is 90.4 Å². The number of rotatable bonds is 12. The number of aryl methyl sites for hydroxylation is 1. The van der Waals surface area contributed by atoms with E-state index >= 15 is 0 Å². The van der Waals surface area contributed by atoms with Crippen molar-refractivity contribution in [3.8, 4) is 0 Å². The number of nitrogens with one attached hydrogen (secondary N) is 1. The summed E-state index contributed by atoms with van der Waals surface area (Å²) in [6.45, 7) is 7.14. The van der Waals surface area contributed by atoms with Crippen molar-refractivity contribution < 1.29 is 4.79 Å². The van der Waals surface area contributed by atoms with E-state index in [0.717, 1.165) is 24.3 Å². The molecule has 1 aromatic heterocycles. The highest BCUT2D eigenvalue weighted by Crippen LogP contribution is 2.22. The predicted molar refractivity (Wildman–Crippen MR) is 109 cm³/mol. The number of carbonyl (C=O) groups is 1. The molecule has 2 aromatic rings. The molecule has 144 valence electrons. The average Bonchev–Trinajstić information content (AvgIpc) is 3.02. The standard InChI is InChI=1S/C22H35N3O/c1-4-6-7-8-9-10-11-14-17-25-20-16-13-12-15-19(20)24-22(25)18(3)23-21(26)5-2/h12-13,15-16,18H,4-11,14,17H2,1-3H3,(H,23,26). The molecule has 0 aliphatic rings. The highest BCUT2D eigenvalue weighted by atomic mass is 16.1. The zero-order valence-electron chi connectivity index (χ0n) is 16.8. The van der Waals surface area contributed by atoms with E-state index in [4.69, 9.17) is 4.98 Å². The molecule has 1 unspecified atom stereocenters. The Bertz CT molecular complexity index is 677. The summed E-state index contributed by atoms with van der Waals surface area (Å²) in [7, 11) is 0. The molecule has 0 bridgehead atoms. The van der Waals surface area contributed by atoms with Crippen molar-refractivity contribution in [1.29, 1.82) is 0 Å². The van der Waals surface area contributed by atoms with E-state index in [1.54, 1.807) is 0 Å². The predicted octanol–water partition coefficient (Wildman–Crippen LogP) is 5.76. The molecule has 26 heavy (non-hydrogen) atoms. The van der Waals surface area contributed by atoms with Gasteiger partial charge in [0.15, 0.2) is 0 Å². The first-order valence-corrected chi connectivity index (χ1v) is 10.4. The molecule has 0 aliphatic carbocycles. The number of amides is 1. The van der Waals surface area contributed by atoms with Crippen molar-refractivity contribution in [1.82, 2.24) is 14.9 Å². The van der Waals surface area contributed by atoms with Gasteiger partial charge < -0.3 is 9.88 Å². The normalized spacial score (nSPS) is 12.4. The maximum atomic E-state index is 11.8. The molecule has 1 aromatic carbocycles. The second-order valence-electron chi connectivity index (χ2n) is 7.23. The van der Waals surface area contributed by atoms with E-state index in [0.29, 0.717) is 6.42 Å². The lowest BCUT2D eigenvalue weighted by atomic mass is 10.1. The molecule has 0 fully saturated rings. The summed E-state index contributed by atoms with van der Waals surface area (Å²) in [6, 6.07) is 8.20. The van der Waals surface area contributed by atoms with Gasteiger partial charge in [0.05, 0.1) is 17.1 Å². The smallest absolute Gasteiger partial charge is 0.220 e. The van der Waals surface area contributed by atoms with E-state index in [1.807, 2.05) is 19.9 Å². The number of unbranched alkanes of at least 4 members (excludes halogenated alkanes) is 7. The molecule has 2 rings (SSSR count). The fourth-order valence-corrected chi connectivity index (χ4v) is 3.47. The van der Waals surface area contributed by atoms with Crippen molar-refractivity contribution in [3.63, 3.8) is 0 Å². The fourth-order valence-electron chi connectivity index (χ4n) is 3.47. The summed E-state index contributed by atoms with van der Waals surface area (Å²) in [5, 5.41) is 3.06. The third kappa shape index (κ3) is 5.86. The number of aromatic nitrogens is 2. The van der Waals surface area contributed by atoms with Gasteiger partial charge >= 0.3 is 0 Å². The first-order valence-electron chi connectivity index (χ1n) is 10.4. The lowest BCUT2D eigenvalue weighted by Crippen LogP contribution is -2.28. The molecular weight excluding hydrogens is 322 g/mol. The SMILES string of the molecule is CCCCCCCCCCn1c(C(C)NC(=O)CC)nc2ccccc21. The summed E-state index contributed by atoms with van der Waals surface area (Å²) < 4.78 is 2.30. The van der Waals surface area contributed by atoms with Gasteiger partial charge in [-0.1, -0.05) is 70.9 Å². The maximum Gasteiger partial charge on any atom is 0.220 e. The number of fused-ring (bicyclic) bond motifs is 1. The number of imidazole rings is 1. The van der Waals surface area contributed by atoms with Crippen LogP contribution in [0.3, 0.4) is 0 Å². The van der Waals surface area contributed by atoms with Crippen molar-refractivity contribution in [2.45, 2.75) is 91.1 Å². The zero-order chi connectivity index (χ0) is 18.8. The fraction of sp³-hybridized carbons (Fsp3) is 0.636. The van der Waals surface area contributed by atoms with E-state index in [2.05, 4.69) is 35.0 Å². The van der Waals surface area contributed by atoms with Crippen LogP contribution in [0.25, 0.3) is 11.0 Å². The molecule has 1 atom stereocenters. The zero-order valence-corrected chi connectivity index (χ0v) is 16.8. The van der Waals surface area contributed by atoms with Crippen molar-refractivity contribution in [2.24, 2.45) is 0 Å². The monoisotopic (exact) mass is 357 g/mol. The highest BCUT2D eigenvalue weighted by Gasteiger charge is 2.17. The van der Waals surface area contributed by atoms with Crippen molar-refractivity contribution in [2.75, 3.05) is 0 Å². The molecule has 4 heteroatoms. The Balaban J connectivity index is 1.96. The van der Waals surface area contributed by atoms with Crippen LogP contribution in [0.15, 0.2) is 24.3 Å². The van der Waals surface area contributed by atoms with E-state index in [1.165, 1.54) is 50.5 Å². The quantitative estimate of drug-likeness (QED) is 0.491. The molecule has 0 spiro atoms. The number of carbonyl (C=O) groups excluding carboxylic acids is 1. The lowest BCUT2D eigenvalue weighted by Gasteiger charge is -2.16. The summed E-state index contributed by atoms with van der Waals surface area (Å²) >= 11 is 0. The second-order valence-corrected chi connectivity index (χ2v) is 7.23. The first kappa shape index (κ1) is 20.5. The largest absolute Gasteiger partial charge is 0.346 e. The molecule has 1 N–H and O–H groups in total. The van der Waals surface area contributed by atoms with Gasteiger partial charge in [0.1, 0.15) is 5.82 Å². The average molecular weight is 358 g/mol. The van der Waals surface area contributed by atoms with Gasteiger partial charge in [0.25, 0.3) is 0 Å². The molecule has 1 heterocycles. The Hall–Kier alpha value is -1.84. The van der Waals surface area contributed by atoms with Gasteiger partial charge in [-0.05, 0) is 25.5 Å². The van der Waals surface area contributed by atoms with Gasteiger partial charge in [-0.2, -0.15) is 0 Å². The summed E-state index contributed by atoms with van der Waals surface area (Å²) in [5.74, 6) is 1.04. The summed E-state index contributed by atoms with van der Waals surface area (Å²) in [6.07, 6.45) is 11.0. The Morgan fingerprint density at radius 1 is 1.04 bits per heavy atom. The van der Waals surface area contributed by atoms with Gasteiger partial charge in [-0.3, -0.25) is 4.79 Å². The van der Waals surface area contributed by atoms with E-state index in [-0.39, 0.29) is 11.9 Å². The van der Waals surface area contributed by atoms with Crippen LogP contribution in [0.5, 0.6) is 0 Å². The minimum atomic E-state index is -0.0658. The van der Waals surface area contributed by atoms with Crippen LogP contribution in [-0.4, -0.2) is 15.5 Å². The minimum Gasteiger partial charge on any atom is -0.346 e. The van der Waals surface area contributed by atoms with Crippen LogP contribution in [0, 0.1) is 0 Å². The second kappa shape index (κ2) is 11.0. The highest BCUT2D eigenvalue weighted by molar-refractivity contribution is 5.77. The van der Waals surface area contributed by atoms with Crippen LogP contribution in [-0.2, 0) is 11.3 Å². The topological polar surface area (TPSA) is 46.9 Å². The summed E-state index contributed by atoms with van der Waals surface area (Å²) in [5.41, 5.74) is 2.18. The van der Waals surface area contributed by atoms with E-state index < -0.39 is 0 Å². The van der Waals surface area contributed by atoms with Gasteiger partial charge in [-0.25, -0.2) is 4.98 Å². The first-order chi connectivity index (χ1) is 12.7. The van der Waals surface area contributed by atoms with Crippen LogP contribution in [0.4, 0.5) is 0 Å². The van der Waals surface area contributed by atoms with Crippen LogP contribution in [0.2, 0.25) is 0 Å². The number of nitrogens with zero attached hydrogens (tertiary/aromatic N) is 2. The molecular formula is C22H35N3O. The number of hydrogen-bond acceptors (Lipinski definition) is 2. The van der Waals surface area contributed by atoms with E-state index in [9.17, 15) is 4.79 Å².